The van der Waals surface area contributed by atoms with Gasteiger partial charge in [-0.3, -0.25) is 4.79 Å². The quantitative estimate of drug-likeness (QED) is 0.249. The smallest absolute Gasteiger partial charge is 0.195 e. The Balaban J connectivity index is 1.45. The SMILES string of the molecule is C[C@@H]1CC(C(=O)c2cn(C)c3nc(-n4nccn4)c(Cl)cc23)C[C@@H](C)N1c1ncc(F)cc1I. The molecule has 0 aromatic carbocycles. The van der Waals surface area contributed by atoms with Crippen molar-refractivity contribution in [3.05, 3.63) is 56.9 Å². The van der Waals surface area contributed by atoms with Crippen molar-refractivity contribution in [2.75, 3.05) is 4.90 Å². The van der Waals surface area contributed by atoms with Crippen molar-refractivity contribution in [1.29, 1.82) is 0 Å². The lowest BCUT2D eigenvalue weighted by atomic mass is 9.82. The lowest BCUT2D eigenvalue weighted by molar-refractivity contribution is 0.0878. The molecule has 5 heterocycles. The predicted molar refractivity (Wildman–Crippen MR) is 136 cm³/mol. The van der Waals surface area contributed by atoms with Gasteiger partial charge in [0.05, 0.1) is 27.2 Å². The van der Waals surface area contributed by atoms with E-state index in [0.717, 1.165) is 9.39 Å². The van der Waals surface area contributed by atoms with Crippen LogP contribution in [0.15, 0.2) is 36.9 Å². The highest BCUT2D eigenvalue weighted by Gasteiger charge is 2.37. The maximum atomic E-state index is 13.7. The molecule has 0 bridgehead atoms. The summed E-state index contributed by atoms with van der Waals surface area (Å²) >= 11 is 8.61. The van der Waals surface area contributed by atoms with Gasteiger partial charge in [-0.05, 0) is 61.4 Å². The number of anilines is 1. The second kappa shape index (κ2) is 8.88. The Hall–Kier alpha value is -2.60. The van der Waals surface area contributed by atoms with Crippen molar-refractivity contribution < 1.29 is 9.18 Å². The molecule has 1 aliphatic rings. The van der Waals surface area contributed by atoms with Crippen molar-refractivity contribution in [2.45, 2.75) is 38.8 Å². The number of rotatable bonds is 4. The van der Waals surface area contributed by atoms with Gasteiger partial charge in [0.25, 0.3) is 0 Å². The number of pyridine rings is 2. The second-order valence-electron chi connectivity index (χ2n) is 8.73. The molecule has 0 radical (unpaired) electrons. The van der Waals surface area contributed by atoms with Gasteiger partial charge in [0.2, 0.25) is 0 Å². The fraction of sp³-hybridized carbons (Fsp3) is 0.348. The molecule has 1 aliphatic heterocycles. The van der Waals surface area contributed by atoms with Crippen molar-refractivity contribution in [3.63, 3.8) is 0 Å². The molecule has 8 nitrogen and oxygen atoms in total. The van der Waals surface area contributed by atoms with Crippen molar-refractivity contribution >= 4 is 56.8 Å². The molecule has 4 aromatic rings. The molecule has 4 aromatic heterocycles. The van der Waals surface area contributed by atoms with Crippen molar-refractivity contribution in [2.24, 2.45) is 13.0 Å². The molecule has 0 N–H and O–H groups in total. The van der Waals surface area contributed by atoms with Crippen molar-refractivity contribution in [3.8, 4) is 5.82 Å². The Bertz CT molecular complexity index is 1380. The lowest BCUT2D eigenvalue weighted by Crippen LogP contribution is -2.49. The number of halogens is 3. The van der Waals surface area contributed by atoms with Crippen LogP contribution in [-0.2, 0) is 7.05 Å². The van der Waals surface area contributed by atoms with Crippen LogP contribution in [-0.4, -0.2) is 47.4 Å². The molecule has 1 saturated heterocycles. The van der Waals surface area contributed by atoms with Gasteiger partial charge < -0.3 is 9.47 Å². The third kappa shape index (κ3) is 3.96. The van der Waals surface area contributed by atoms with Gasteiger partial charge in [0, 0.05) is 42.2 Å². The first-order chi connectivity index (χ1) is 16.2. The van der Waals surface area contributed by atoms with Crippen LogP contribution in [0.3, 0.4) is 0 Å². The minimum atomic E-state index is -0.353. The Morgan fingerprint density at radius 2 is 1.82 bits per heavy atom. The number of aryl methyl sites for hydroxylation is 1. The van der Waals surface area contributed by atoms with E-state index >= 15 is 0 Å². The monoisotopic (exact) mass is 593 g/mol. The van der Waals surface area contributed by atoms with E-state index in [1.807, 2.05) is 17.8 Å². The van der Waals surface area contributed by atoms with Gasteiger partial charge in [-0.25, -0.2) is 14.4 Å². The number of piperidine rings is 1. The van der Waals surface area contributed by atoms with Crippen LogP contribution in [0.2, 0.25) is 5.02 Å². The summed E-state index contributed by atoms with van der Waals surface area (Å²) in [5, 5.41) is 9.31. The molecule has 11 heteroatoms. The van der Waals surface area contributed by atoms with Crippen molar-refractivity contribution in [1.82, 2.24) is 29.5 Å². The van der Waals surface area contributed by atoms with Crippen LogP contribution in [0.25, 0.3) is 16.9 Å². The topological polar surface area (TPSA) is 81.7 Å². The van der Waals surface area contributed by atoms with E-state index < -0.39 is 0 Å². The van der Waals surface area contributed by atoms with E-state index in [1.54, 1.807) is 18.5 Å². The standard InChI is InChI=1S/C23H22ClFIN7O/c1-12-6-14(7-13(2)32(12)23-19(26)8-15(25)10-27-23)20(34)17-11-31(3)21-16(17)9-18(24)22(30-21)33-28-4-5-29-33/h4-5,8-14H,6-7H2,1-3H3/t12-,13-/m1/s1. The molecule has 0 unspecified atom stereocenters. The Morgan fingerprint density at radius 1 is 1.15 bits per heavy atom. The normalized spacial score (nSPS) is 20.8. The maximum Gasteiger partial charge on any atom is 0.195 e. The highest BCUT2D eigenvalue weighted by Crippen LogP contribution is 2.37. The summed E-state index contributed by atoms with van der Waals surface area (Å²) in [6.45, 7) is 4.17. The van der Waals surface area contributed by atoms with Crippen LogP contribution in [0, 0.1) is 15.3 Å². The first-order valence-corrected chi connectivity index (χ1v) is 12.4. The van der Waals surface area contributed by atoms with Crippen LogP contribution in [0.4, 0.5) is 10.2 Å². The van der Waals surface area contributed by atoms with Gasteiger partial charge >= 0.3 is 0 Å². The minimum absolute atomic E-state index is 0.0679. The van der Waals surface area contributed by atoms with E-state index in [-0.39, 0.29) is 29.6 Å². The van der Waals surface area contributed by atoms with Gasteiger partial charge in [-0.2, -0.15) is 10.2 Å². The first kappa shape index (κ1) is 23.2. The fourth-order valence-corrected chi connectivity index (χ4v) is 5.90. The van der Waals surface area contributed by atoms with Crippen LogP contribution in [0.1, 0.15) is 37.0 Å². The average Bonchev–Trinajstić information content (AvgIpc) is 3.42. The summed E-state index contributed by atoms with van der Waals surface area (Å²) in [5.41, 5.74) is 1.25. The average molecular weight is 594 g/mol. The summed E-state index contributed by atoms with van der Waals surface area (Å²) in [7, 11) is 1.86. The van der Waals surface area contributed by atoms with Gasteiger partial charge in [-0.1, -0.05) is 11.6 Å². The Kier molecular flexibility index (Phi) is 6.05. The molecule has 34 heavy (non-hydrogen) atoms. The summed E-state index contributed by atoms with van der Waals surface area (Å²) in [6, 6.07) is 3.39. The molecule has 0 saturated carbocycles. The van der Waals surface area contributed by atoms with Gasteiger partial charge in [0.15, 0.2) is 11.6 Å². The number of nitrogens with zero attached hydrogens (tertiary/aromatic N) is 7. The summed E-state index contributed by atoms with van der Waals surface area (Å²) in [4.78, 5) is 26.2. The number of aromatic nitrogens is 6. The summed E-state index contributed by atoms with van der Waals surface area (Å²) in [5.74, 6) is 0.739. The van der Waals surface area contributed by atoms with Gasteiger partial charge in [0.1, 0.15) is 17.3 Å². The maximum absolute atomic E-state index is 13.7. The largest absolute Gasteiger partial charge is 0.350 e. The number of fused-ring (bicyclic) bond motifs is 1. The molecule has 2 atom stereocenters. The van der Waals surface area contributed by atoms with Gasteiger partial charge in [-0.15, -0.1) is 4.80 Å². The van der Waals surface area contributed by atoms with Crippen LogP contribution in [0.5, 0.6) is 0 Å². The van der Waals surface area contributed by atoms with E-state index in [4.69, 9.17) is 11.6 Å². The molecule has 176 valence electrons. The second-order valence-corrected chi connectivity index (χ2v) is 10.3. The number of hydrogen-bond acceptors (Lipinski definition) is 6. The molecule has 0 spiro atoms. The number of carbonyl (C=O) groups excluding carboxylic acids is 1. The van der Waals surface area contributed by atoms with Crippen LogP contribution >= 0.6 is 34.2 Å². The molecule has 0 amide bonds. The van der Waals surface area contributed by atoms with E-state index in [1.165, 1.54) is 17.1 Å². The Morgan fingerprint density at radius 3 is 2.47 bits per heavy atom. The third-order valence-corrected chi connectivity index (χ3v) is 7.43. The zero-order chi connectivity index (χ0) is 24.1. The highest BCUT2D eigenvalue weighted by atomic mass is 127. The minimum Gasteiger partial charge on any atom is -0.350 e. The number of Topliss-reactive ketones (excluding diaryl/α,β-unsaturated/α-hetero) is 1. The molecule has 1 fully saturated rings. The summed E-state index contributed by atoms with van der Waals surface area (Å²) < 4.78 is 16.2. The number of carbonyl (C=O) groups is 1. The molecule has 5 rings (SSSR count). The zero-order valence-electron chi connectivity index (χ0n) is 18.8. The predicted octanol–water partition coefficient (Wildman–Crippen LogP) is 4.82. The zero-order valence-corrected chi connectivity index (χ0v) is 21.7. The Labute approximate surface area is 214 Å². The fourth-order valence-electron chi connectivity index (χ4n) is 4.95. The van der Waals surface area contributed by atoms with E-state index in [9.17, 15) is 9.18 Å². The number of ketones is 1. The van der Waals surface area contributed by atoms with E-state index in [2.05, 4.69) is 61.5 Å². The lowest BCUT2D eigenvalue weighted by Gasteiger charge is -2.43. The molecule has 0 aliphatic carbocycles. The number of hydrogen-bond donors (Lipinski definition) is 0. The first-order valence-electron chi connectivity index (χ1n) is 10.9. The highest BCUT2D eigenvalue weighted by molar-refractivity contribution is 14.1. The van der Waals surface area contributed by atoms with E-state index in [0.29, 0.717) is 40.3 Å². The molecular weight excluding hydrogens is 572 g/mol. The summed E-state index contributed by atoms with van der Waals surface area (Å²) in [6.07, 6.45) is 7.52. The van der Waals surface area contributed by atoms with Crippen LogP contribution < -0.4 is 4.90 Å². The molecular formula is C23H22ClFIN7O. The third-order valence-electron chi connectivity index (χ3n) is 6.36.